The van der Waals surface area contributed by atoms with E-state index in [-0.39, 0.29) is 0 Å². The van der Waals surface area contributed by atoms with Crippen molar-refractivity contribution in [3.8, 4) is 0 Å². The number of hydrogen-bond donors (Lipinski definition) is 1. The van der Waals surface area contributed by atoms with E-state index in [0.29, 0.717) is 0 Å². The first-order chi connectivity index (χ1) is 7.38. The Morgan fingerprint density at radius 2 is 2.13 bits per heavy atom. The molecule has 0 saturated carbocycles. The van der Waals surface area contributed by atoms with Crippen molar-refractivity contribution >= 4 is 0 Å². The quantitative estimate of drug-likeness (QED) is 0.665. The van der Waals surface area contributed by atoms with Gasteiger partial charge in [-0.15, -0.1) is 0 Å². The maximum atomic E-state index is 4.36. The van der Waals surface area contributed by atoms with E-state index in [0.717, 1.165) is 26.1 Å². The summed E-state index contributed by atoms with van der Waals surface area (Å²) in [6, 6.07) is 0. The Kier molecular flexibility index (Phi) is 6.09. The molecule has 0 aromatic carbocycles. The Labute approximate surface area is 92.9 Å². The normalized spacial score (nSPS) is 10.8. The summed E-state index contributed by atoms with van der Waals surface area (Å²) in [6.07, 6.45) is 8.66. The van der Waals surface area contributed by atoms with Crippen molar-refractivity contribution in [3.63, 3.8) is 0 Å². The van der Waals surface area contributed by atoms with E-state index in [2.05, 4.69) is 34.9 Å². The third kappa shape index (κ3) is 4.47. The molecule has 0 saturated heterocycles. The molecule has 0 unspecified atom stereocenters. The molecule has 1 heterocycles. The van der Waals surface area contributed by atoms with Gasteiger partial charge in [0.15, 0.2) is 0 Å². The van der Waals surface area contributed by atoms with Gasteiger partial charge in [-0.2, -0.15) is 0 Å². The highest BCUT2D eigenvalue weighted by molar-refractivity contribution is 4.92. The fraction of sp³-hybridized carbons (Fsp3) is 0.750. The van der Waals surface area contributed by atoms with Crippen LogP contribution >= 0.6 is 0 Å². The molecule has 0 atom stereocenters. The fourth-order valence-electron chi connectivity index (χ4n) is 1.67. The highest BCUT2D eigenvalue weighted by Crippen LogP contribution is 2.02. The molecule has 15 heavy (non-hydrogen) atoms. The first-order valence-corrected chi connectivity index (χ1v) is 6.09. The molecule has 1 aromatic heterocycles. The Morgan fingerprint density at radius 1 is 1.27 bits per heavy atom. The second-order valence-corrected chi connectivity index (χ2v) is 3.89. The largest absolute Gasteiger partial charge is 0.335 e. The number of aryl methyl sites for hydroxylation is 2. The standard InChI is InChI=1S/C12H23N3/c1-3-6-12-14-9-11-15(12)10-5-8-13-7-4-2/h9,11,13H,3-8,10H2,1-2H3. The van der Waals surface area contributed by atoms with Crippen molar-refractivity contribution in [2.75, 3.05) is 13.1 Å². The summed E-state index contributed by atoms with van der Waals surface area (Å²) >= 11 is 0. The molecule has 3 heteroatoms. The van der Waals surface area contributed by atoms with E-state index in [1.165, 1.54) is 25.1 Å². The van der Waals surface area contributed by atoms with Gasteiger partial charge in [-0.05, 0) is 32.4 Å². The predicted octanol–water partition coefficient (Wildman–Crippen LogP) is 2.23. The number of nitrogens with zero attached hydrogens (tertiary/aromatic N) is 2. The average Bonchev–Trinajstić information content (AvgIpc) is 2.66. The highest BCUT2D eigenvalue weighted by Gasteiger charge is 2.00. The van der Waals surface area contributed by atoms with Crippen LogP contribution in [0.5, 0.6) is 0 Å². The summed E-state index contributed by atoms with van der Waals surface area (Å²) < 4.78 is 2.27. The zero-order chi connectivity index (χ0) is 10.9. The van der Waals surface area contributed by atoms with Gasteiger partial charge < -0.3 is 9.88 Å². The molecule has 1 aromatic rings. The van der Waals surface area contributed by atoms with Gasteiger partial charge in [0.1, 0.15) is 5.82 Å². The van der Waals surface area contributed by atoms with E-state index >= 15 is 0 Å². The van der Waals surface area contributed by atoms with Gasteiger partial charge in [0.2, 0.25) is 0 Å². The first kappa shape index (κ1) is 12.2. The lowest BCUT2D eigenvalue weighted by molar-refractivity contribution is 0.561. The molecule has 0 amide bonds. The maximum absolute atomic E-state index is 4.36. The van der Waals surface area contributed by atoms with E-state index in [1.54, 1.807) is 0 Å². The number of aromatic nitrogens is 2. The number of rotatable bonds is 8. The maximum Gasteiger partial charge on any atom is 0.108 e. The summed E-state index contributed by atoms with van der Waals surface area (Å²) in [6.45, 7) is 7.72. The van der Waals surface area contributed by atoms with Crippen LogP contribution in [0, 0.1) is 0 Å². The third-order valence-corrected chi connectivity index (χ3v) is 2.45. The Balaban J connectivity index is 2.21. The molecule has 0 aliphatic rings. The number of nitrogens with one attached hydrogen (secondary N) is 1. The molecule has 0 bridgehead atoms. The molecule has 3 nitrogen and oxygen atoms in total. The zero-order valence-electron chi connectivity index (χ0n) is 10.00. The molecule has 0 spiro atoms. The molecule has 86 valence electrons. The van der Waals surface area contributed by atoms with Crippen LogP contribution in [-0.4, -0.2) is 22.6 Å². The van der Waals surface area contributed by atoms with Crippen molar-refractivity contribution in [2.24, 2.45) is 0 Å². The van der Waals surface area contributed by atoms with Crippen molar-refractivity contribution in [1.29, 1.82) is 0 Å². The minimum Gasteiger partial charge on any atom is -0.335 e. The van der Waals surface area contributed by atoms with E-state index in [4.69, 9.17) is 0 Å². The molecular formula is C12H23N3. The summed E-state index contributed by atoms with van der Waals surface area (Å²) in [5.74, 6) is 1.23. The Bertz CT molecular complexity index is 255. The van der Waals surface area contributed by atoms with Gasteiger partial charge in [-0.1, -0.05) is 13.8 Å². The SMILES string of the molecule is CCCNCCCn1ccnc1CCC. The van der Waals surface area contributed by atoms with Crippen LogP contribution in [0.25, 0.3) is 0 Å². The molecule has 0 fully saturated rings. The predicted molar refractivity (Wildman–Crippen MR) is 64.0 cm³/mol. The van der Waals surface area contributed by atoms with Crippen molar-refractivity contribution < 1.29 is 0 Å². The average molecular weight is 209 g/mol. The van der Waals surface area contributed by atoms with Crippen LogP contribution in [0.1, 0.15) is 38.9 Å². The molecule has 1 rings (SSSR count). The topological polar surface area (TPSA) is 29.9 Å². The van der Waals surface area contributed by atoms with Crippen LogP contribution in [-0.2, 0) is 13.0 Å². The van der Waals surface area contributed by atoms with E-state index < -0.39 is 0 Å². The van der Waals surface area contributed by atoms with Crippen molar-refractivity contribution in [1.82, 2.24) is 14.9 Å². The third-order valence-electron chi connectivity index (χ3n) is 2.45. The molecule has 0 radical (unpaired) electrons. The van der Waals surface area contributed by atoms with Crippen LogP contribution in [0.2, 0.25) is 0 Å². The van der Waals surface area contributed by atoms with Gasteiger partial charge in [0.25, 0.3) is 0 Å². The van der Waals surface area contributed by atoms with Crippen molar-refractivity contribution in [3.05, 3.63) is 18.2 Å². The minimum absolute atomic E-state index is 1.09. The van der Waals surface area contributed by atoms with Gasteiger partial charge in [0, 0.05) is 25.4 Å². The lowest BCUT2D eigenvalue weighted by atomic mass is 10.3. The smallest absolute Gasteiger partial charge is 0.108 e. The van der Waals surface area contributed by atoms with Gasteiger partial charge in [-0.3, -0.25) is 0 Å². The van der Waals surface area contributed by atoms with Crippen LogP contribution < -0.4 is 5.32 Å². The lowest BCUT2D eigenvalue weighted by Crippen LogP contribution is -2.17. The van der Waals surface area contributed by atoms with E-state index in [1.807, 2.05) is 6.20 Å². The van der Waals surface area contributed by atoms with Crippen LogP contribution in [0.4, 0.5) is 0 Å². The summed E-state index contributed by atoms with van der Waals surface area (Å²) in [4.78, 5) is 4.36. The minimum atomic E-state index is 1.09. The molecule has 0 aliphatic carbocycles. The molecule has 1 N–H and O–H groups in total. The summed E-state index contributed by atoms with van der Waals surface area (Å²) in [7, 11) is 0. The second kappa shape index (κ2) is 7.46. The monoisotopic (exact) mass is 209 g/mol. The van der Waals surface area contributed by atoms with Gasteiger partial charge in [-0.25, -0.2) is 4.98 Å². The first-order valence-electron chi connectivity index (χ1n) is 6.09. The molecule has 0 aliphatic heterocycles. The van der Waals surface area contributed by atoms with Crippen LogP contribution in [0.3, 0.4) is 0 Å². The van der Waals surface area contributed by atoms with Crippen molar-refractivity contribution in [2.45, 2.75) is 46.1 Å². The summed E-state index contributed by atoms with van der Waals surface area (Å²) in [5, 5.41) is 3.42. The van der Waals surface area contributed by atoms with Gasteiger partial charge in [0.05, 0.1) is 0 Å². The van der Waals surface area contributed by atoms with Crippen LogP contribution in [0.15, 0.2) is 12.4 Å². The number of imidazole rings is 1. The van der Waals surface area contributed by atoms with E-state index in [9.17, 15) is 0 Å². The number of hydrogen-bond acceptors (Lipinski definition) is 2. The lowest BCUT2D eigenvalue weighted by Gasteiger charge is -2.07. The fourth-order valence-corrected chi connectivity index (χ4v) is 1.67. The Hall–Kier alpha value is -0.830. The highest BCUT2D eigenvalue weighted by atomic mass is 15.1. The zero-order valence-corrected chi connectivity index (χ0v) is 10.00. The van der Waals surface area contributed by atoms with Gasteiger partial charge >= 0.3 is 0 Å². The molecular weight excluding hydrogens is 186 g/mol. The summed E-state index contributed by atoms with van der Waals surface area (Å²) in [5.41, 5.74) is 0. The second-order valence-electron chi connectivity index (χ2n) is 3.89. The Morgan fingerprint density at radius 3 is 2.87 bits per heavy atom.